The van der Waals surface area contributed by atoms with E-state index in [1.54, 1.807) is 18.2 Å². The predicted octanol–water partition coefficient (Wildman–Crippen LogP) is 6.36. The molecule has 0 saturated carbocycles. The largest absolute Gasteiger partial charge is 0.453 e. The number of carbonyl (C=O) groups is 2. The molecule has 3 amide bonds. The van der Waals surface area contributed by atoms with Crippen LogP contribution in [0.5, 0.6) is 11.5 Å². The quantitative estimate of drug-likeness (QED) is 0.256. The summed E-state index contributed by atoms with van der Waals surface area (Å²) >= 11 is 6.06. The van der Waals surface area contributed by atoms with Gasteiger partial charge < -0.3 is 9.30 Å². The minimum Gasteiger partial charge on any atom is -0.453 e. The number of fused-ring (bicyclic) bond motifs is 1. The highest BCUT2D eigenvalue weighted by atomic mass is 35.5. The van der Waals surface area contributed by atoms with Crippen molar-refractivity contribution in [3.63, 3.8) is 0 Å². The molecule has 1 N–H and O–H groups in total. The molecule has 6 rings (SSSR count). The van der Waals surface area contributed by atoms with E-state index in [4.69, 9.17) is 16.3 Å². The number of nitrogens with one attached hydrogen (secondary N) is 1. The lowest BCUT2D eigenvalue weighted by Crippen LogP contribution is -2.50. The number of imide groups is 1. The normalized spacial score (nSPS) is 15.3. The van der Waals surface area contributed by atoms with Crippen LogP contribution >= 0.6 is 11.6 Å². The van der Waals surface area contributed by atoms with Gasteiger partial charge in [-0.25, -0.2) is 22.9 Å². The summed E-state index contributed by atoms with van der Waals surface area (Å²) in [4.78, 5) is 31.9. The molecule has 4 aromatic rings. The van der Waals surface area contributed by atoms with Crippen LogP contribution in [-0.4, -0.2) is 39.4 Å². The topological polar surface area (TPSA) is 79.7 Å². The van der Waals surface area contributed by atoms with Crippen LogP contribution in [0.3, 0.4) is 0 Å². The van der Waals surface area contributed by atoms with Gasteiger partial charge in [0.25, 0.3) is 6.43 Å². The van der Waals surface area contributed by atoms with E-state index in [0.717, 1.165) is 16.7 Å². The Morgan fingerprint density at radius 1 is 1.02 bits per heavy atom. The van der Waals surface area contributed by atoms with Gasteiger partial charge >= 0.3 is 6.03 Å². The molecule has 0 aliphatic carbocycles. The average Bonchev–Trinajstić information content (AvgIpc) is 3.54. The summed E-state index contributed by atoms with van der Waals surface area (Å²) in [6.45, 7) is 1.44. The third-order valence-electron chi connectivity index (χ3n) is 7.21. The fraction of sp³-hybridized carbons (Fsp3) is 0.233. The summed E-state index contributed by atoms with van der Waals surface area (Å²) in [5.74, 6) is 0.0307. The monoisotopic (exact) mass is 595 g/mol. The maximum absolute atomic E-state index is 14.1. The lowest BCUT2D eigenvalue weighted by atomic mass is 10.1. The summed E-state index contributed by atoms with van der Waals surface area (Å²) in [6, 6.07) is 16.8. The van der Waals surface area contributed by atoms with Gasteiger partial charge in [-0.2, -0.15) is 0 Å². The number of halogens is 4. The van der Waals surface area contributed by atoms with Gasteiger partial charge in [-0.1, -0.05) is 41.9 Å². The van der Waals surface area contributed by atoms with E-state index in [2.05, 4.69) is 15.2 Å². The van der Waals surface area contributed by atoms with Gasteiger partial charge in [-0.05, 0) is 47.0 Å². The third kappa shape index (κ3) is 5.70. The fourth-order valence-corrected chi connectivity index (χ4v) is 5.45. The van der Waals surface area contributed by atoms with E-state index < -0.39 is 30.7 Å². The number of alkyl halides is 2. The van der Waals surface area contributed by atoms with Crippen LogP contribution in [0.25, 0.3) is 11.4 Å². The molecule has 8 nitrogen and oxygen atoms in total. The molecule has 216 valence electrons. The second-order valence-corrected chi connectivity index (χ2v) is 10.5. The number of para-hydroxylation sites is 1. The van der Waals surface area contributed by atoms with Crippen molar-refractivity contribution in [3.8, 4) is 22.9 Å². The van der Waals surface area contributed by atoms with Crippen molar-refractivity contribution in [2.75, 3.05) is 11.4 Å². The van der Waals surface area contributed by atoms with E-state index in [0.29, 0.717) is 36.8 Å². The van der Waals surface area contributed by atoms with Gasteiger partial charge in [0, 0.05) is 38.2 Å². The first-order valence-electron chi connectivity index (χ1n) is 13.3. The van der Waals surface area contributed by atoms with Crippen molar-refractivity contribution < 1.29 is 27.5 Å². The third-order valence-corrected chi connectivity index (χ3v) is 7.50. The van der Waals surface area contributed by atoms with Crippen molar-refractivity contribution in [1.29, 1.82) is 0 Å². The van der Waals surface area contributed by atoms with Gasteiger partial charge in [0.15, 0.2) is 11.6 Å². The molecule has 0 atom stereocenters. The first-order chi connectivity index (χ1) is 20.2. The molecule has 0 unspecified atom stereocenters. The van der Waals surface area contributed by atoms with Gasteiger partial charge in [-0.15, -0.1) is 0 Å². The predicted molar refractivity (Wildman–Crippen MR) is 150 cm³/mol. The number of benzene rings is 3. The van der Waals surface area contributed by atoms with Gasteiger partial charge in [0.1, 0.15) is 17.4 Å². The highest BCUT2D eigenvalue weighted by molar-refractivity contribution is 6.32. The maximum atomic E-state index is 14.1. The summed E-state index contributed by atoms with van der Waals surface area (Å²) in [6.07, 6.45) is -1.21. The van der Waals surface area contributed by atoms with Gasteiger partial charge in [0.05, 0.1) is 17.8 Å². The van der Waals surface area contributed by atoms with Crippen LogP contribution in [-0.2, 0) is 31.0 Å². The van der Waals surface area contributed by atoms with E-state index >= 15 is 0 Å². The molecule has 42 heavy (non-hydrogen) atoms. The number of urea groups is 1. The number of ether oxygens (including phenoxy) is 1. The Bertz CT molecular complexity index is 1640. The van der Waals surface area contributed by atoms with Crippen molar-refractivity contribution >= 4 is 29.4 Å². The van der Waals surface area contributed by atoms with Crippen LogP contribution in [0, 0.1) is 5.82 Å². The fourth-order valence-electron chi connectivity index (χ4n) is 5.25. The molecule has 1 saturated heterocycles. The zero-order valence-electron chi connectivity index (χ0n) is 22.2. The Hall–Kier alpha value is -4.35. The van der Waals surface area contributed by atoms with Crippen LogP contribution in [0.4, 0.5) is 23.8 Å². The summed E-state index contributed by atoms with van der Waals surface area (Å²) in [5.41, 5.74) is 3.86. The average molecular weight is 596 g/mol. The SMILES string of the molecule is O=C1CCN(c2cnc(-c3ccc4c(c3)CN(Cc3ccc(Oc5c(F)cccc5Cl)cc3)C4)n2CC(F)F)C(=O)N1. The van der Waals surface area contributed by atoms with Crippen molar-refractivity contribution in [2.24, 2.45) is 0 Å². The Kier molecular flexibility index (Phi) is 7.61. The zero-order valence-corrected chi connectivity index (χ0v) is 23.0. The first-order valence-corrected chi connectivity index (χ1v) is 13.6. The molecule has 3 aromatic carbocycles. The van der Waals surface area contributed by atoms with Crippen LogP contribution in [0.1, 0.15) is 23.1 Å². The van der Waals surface area contributed by atoms with Crippen molar-refractivity contribution in [2.45, 2.75) is 39.0 Å². The molecule has 2 aliphatic rings. The number of imidazole rings is 1. The number of aromatic nitrogens is 2. The molecule has 12 heteroatoms. The molecule has 0 radical (unpaired) electrons. The van der Waals surface area contributed by atoms with Crippen LogP contribution < -0.4 is 15.0 Å². The Balaban J connectivity index is 1.17. The Morgan fingerprint density at radius 3 is 2.55 bits per heavy atom. The maximum Gasteiger partial charge on any atom is 0.329 e. The Labute approximate surface area is 244 Å². The number of anilines is 1. The molecule has 1 fully saturated rings. The summed E-state index contributed by atoms with van der Waals surface area (Å²) < 4.78 is 48.2. The second-order valence-electron chi connectivity index (χ2n) is 10.1. The number of hydrogen-bond acceptors (Lipinski definition) is 5. The van der Waals surface area contributed by atoms with Crippen LogP contribution in [0.15, 0.2) is 66.9 Å². The highest BCUT2D eigenvalue weighted by Gasteiger charge is 2.29. The number of rotatable bonds is 8. The number of nitrogens with zero attached hydrogens (tertiary/aromatic N) is 4. The molecule has 0 spiro atoms. The molecular weight excluding hydrogens is 571 g/mol. The molecule has 3 heterocycles. The zero-order chi connectivity index (χ0) is 29.4. The van der Waals surface area contributed by atoms with Gasteiger partial charge in [0.2, 0.25) is 5.91 Å². The van der Waals surface area contributed by atoms with E-state index in [1.165, 1.54) is 27.8 Å². The molecule has 1 aromatic heterocycles. The van der Waals surface area contributed by atoms with Gasteiger partial charge in [-0.3, -0.25) is 19.9 Å². The lowest BCUT2D eigenvalue weighted by Gasteiger charge is -2.27. The van der Waals surface area contributed by atoms with E-state index in [1.807, 2.05) is 30.3 Å². The summed E-state index contributed by atoms with van der Waals surface area (Å²) in [5, 5.41) is 2.41. The molecular formula is C30H25ClF3N5O3. The van der Waals surface area contributed by atoms with E-state index in [9.17, 15) is 22.8 Å². The molecule has 2 aliphatic heterocycles. The van der Waals surface area contributed by atoms with Crippen LogP contribution in [0.2, 0.25) is 5.02 Å². The smallest absolute Gasteiger partial charge is 0.329 e. The standard InChI is InChI=1S/C30H25ClF3N5O3/c31-23-2-1-3-24(32)28(23)42-22-8-4-18(5-9-22)14-37-15-20-7-6-19(12-21(20)16-37)29-35-13-27(39(29)17-25(33)34)38-11-10-26(40)36-30(38)41/h1-9,12-13,25H,10-11,14-17H2,(H,36,40,41). The number of carbonyl (C=O) groups excluding carboxylic acids is 2. The van der Waals surface area contributed by atoms with E-state index in [-0.39, 0.29) is 29.6 Å². The van der Waals surface area contributed by atoms with Crippen molar-refractivity contribution in [3.05, 3.63) is 94.4 Å². The minimum atomic E-state index is -2.67. The lowest BCUT2D eigenvalue weighted by molar-refractivity contribution is -0.120. The number of hydrogen-bond donors (Lipinski definition) is 1. The Morgan fingerprint density at radius 2 is 1.81 bits per heavy atom. The van der Waals surface area contributed by atoms with Crippen molar-refractivity contribution in [1.82, 2.24) is 19.8 Å². The summed E-state index contributed by atoms with van der Waals surface area (Å²) in [7, 11) is 0. The second kappa shape index (κ2) is 11.5. The minimum absolute atomic E-state index is 0.0201. The first kappa shape index (κ1) is 27.8. The molecule has 0 bridgehead atoms. The number of amides is 3. The highest BCUT2D eigenvalue weighted by Crippen LogP contribution is 2.34.